The second kappa shape index (κ2) is 6.34. The van der Waals surface area contributed by atoms with Gasteiger partial charge in [0.15, 0.2) is 0 Å². The van der Waals surface area contributed by atoms with Crippen molar-refractivity contribution in [2.75, 3.05) is 0 Å². The molecule has 0 aromatic heterocycles. The van der Waals surface area contributed by atoms with Crippen LogP contribution in [0.25, 0.3) is 0 Å². The third-order valence-electron chi connectivity index (χ3n) is 5.23. The van der Waals surface area contributed by atoms with Gasteiger partial charge in [-0.05, 0) is 32.6 Å². The van der Waals surface area contributed by atoms with Crippen LogP contribution in [0.2, 0.25) is 0 Å². The molecule has 2 aliphatic rings. The standard InChI is InChI=1S/C16H27NO4/c1-10-11(2)21-12(3)14(10)15(20)17-16(9-13(18)19)7-5-4-6-8-16/h10-12,14H,4-9H2,1-3H3,(H,17,20)(H,18,19). The fraction of sp³-hybridized carbons (Fsp3) is 0.875. The Kier molecular flexibility index (Phi) is 4.91. The molecule has 0 spiro atoms. The maximum absolute atomic E-state index is 12.7. The highest BCUT2D eigenvalue weighted by atomic mass is 16.5. The Morgan fingerprint density at radius 3 is 2.24 bits per heavy atom. The largest absolute Gasteiger partial charge is 0.481 e. The van der Waals surface area contributed by atoms with Crippen LogP contribution < -0.4 is 5.32 Å². The highest BCUT2D eigenvalue weighted by Gasteiger charge is 2.44. The van der Waals surface area contributed by atoms with Gasteiger partial charge in [0, 0.05) is 0 Å². The van der Waals surface area contributed by atoms with Crippen LogP contribution in [0.4, 0.5) is 0 Å². The van der Waals surface area contributed by atoms with Crippen LogP contribution in [-0.2, 0) is 14.3 Å². The van der Waals surface area contributed by atoms with Crippen molar-refractivity contribution < 1.29 is 19.4 Å². The summed E-state index contributed by atoms with van der Waals surface area (Å²) in [7, 11) is 0. The minimum absolute atomic E-state index is 0.0185. The van der Waals surface area contributed by atoms with E-state index in [1.807, 2.05) is 20.8 Å². The number of rotatable bonds is 4. The fourth-order valence-electron chi connectivity index (χ4n) is 3.93. The van der Waals surface area contributed by atoms with Gasteiger partial charge < -0.3 is 15.2 Å². The van der Waals surface area contributed by atoms with Crippen molar-refractivity contribution in [1.82, 2.24) is 5.32 Å². The molecule has 2 rings (SSSR count). The van der Waals surface area contributed by atoms with E-state index in [2.05, 4.69) is 5.32 Å². The van der Waals surface area contributed by atoms with Crippen LogP contribution in [0, 0.1) is 11.8 Å². The molecular weight excluding hydrogens is 270 g/mol. The molecule has 0 radical (unpaired) electrons. The van der Waals surface area contributed by atoms with Crippen LogP contribution >= 0.6 is 0 Å². The molecule has 1 aliphatic carbocycles. The van der Waals surface area contributed by atoms with Crippen molar-refractivity contribution >= 4 is 11.9 Å². The predicted octanol–water partition coefficient (Wildman–Crippen LogP) is 2.34. The SMILES string of the molecule is CC1OC(C)C(C(=O)NC2(CC(=O)O)CCCCC2)C1C. The van der Waals surface area contributed by atoms with Crippen LogP contribution in [0.3, 0.4) is 0 Å². The number of hydrogen-bond acceptors (Lipinski definition) is 3. The lowest BCUT2D eigenvalue weighted by atomic mass is 9.78. The number of hydrogen-bond donors (Lipinski definition) is 2. The zero-order chi connectivity index (χ0) is 15.6. The highest BCUT2D eigenvalue weighted by molar-refractivity contribution is 5.81. The van der Waals surface area contributed by atoms with Gasteiger partial charge in [0.2, 0.25) is 5.91 Å². The molecule has 2 fully saturated rings. The van der Waals surface area contributed by atoms with Gasteiger partial charge in [-0.2, -0.15) is 0 Å². The molecule has 21 heavy (non-hydrogen) atoms. The van der Waals surface area contributed by atoms with Crippen LogP contribution in [0.5, 0.6) is 0 Å². The summed E-state index contributed by atoms with van der Waals surface area (Å²) in [5, 5.41) is 12.3. The number of carboxylic acids is 1. The van der Waals surface area contributed by atoms with Crippen molar-refractivity contribution in [2.45, 2.75) is 77.0 Å². The second-order valence-corrected chi connectivity index (χ2v) is 6.83. The maximum Gasteiger partial charge on any atom is 0.305 e. The van der Waals surface area contributed by atoms with E-state index in [1.165, 1.54) is 0 Å². The lowest BCUT2D eigenvalue weighted by molar-refractivity contribution is -0.140. The molecule has 4 unspecified atom stereocenters. The summed E-state index contributed by atoms with van der Waals surface area (Å²) in [5.74, 6) is -0.907. The van der Waals surface area contributed by atoms with Crippen LogP contribution in [0.15, 0.2) is 0 Å². The first-order valence-electron chi connectivity index (χ1n) is 8.04. The highest BCUT2D eigenvalue weighted by Crippen LogP contribution is 2.35. The van der Waals surface area contributed by atoms with E-state index in [-0.39, 0.29) is 36.4 Å². The summed E-state index contributed by atoms with van der Waals surface area (Å²) < 4.78 is 5.73. The summed E-state index contributed by atoms with van der Waals surface area (Å²) in [6, 6.07) is 0. The molecule has 2 N–H and O–H groups in total. The van der Waals surface area contributed by atoms with Crippen molar-refractivity contribution in [1.29, 1.82) is 0 Å². The molecule has 120 valence electrons. The first-order chi connectivity index (χ1) is 9.84. The Labute approximate surface area is 126 Å². The molecule has 0 aromatic rings. The van der Waals surface area contributed by atoms with Gasteiger partial charge in [0.1, 0.15) is 0 Å². The number of ether oxygens (including phenoxy) is 1. The summed E-state index contributed by atoms with van der Waals surface area (Å²) in [5.41, 5.74) is -0.563. The van der Waals surface area contributed by atoms with E-state index in [9.17, 15) is 14.7 Å². The molecule has 1 amide bonds. The van der Waals surface area contributed by atoms with Crippen molar-refractivity contribution in [2.24, 2.45) is 11.8 Å². The summed E-state index contributed by atoms with van der Waals surface area (Å²) in [6.07, 6.45) is 4.58. The van der Waals surface area contributed by atoms with E-state index < -0.39 is 11.5 Å². The Balaban J connectivity index is 2.09. The van der Waals surface area contributed by atoms with Crippen LogP contribution in [0.1, 0.15) is 59.3 Å². The van der Waals surface area contributed by atoms with E-state index >= 15 is 0 Å². The smallest absolute Gasteiger partial charge is 0.305 e. The molecule has 5 heteroatoms. The summed E-state index contributed by atoms with van der Waals surface area (Å²) in [4.78, 5) is 23.9. The summed E-state index contributed by atoms with van der Waals surface area (Å²) in [6.45, 7) is 5.94. The second-order valence-electron chi connectivity index (χ2n) is 6.83. The molecule has 1 saturated carbocycles. The Bertz CT molecular complexity index is 403. The van der Waals surface area contributed by atoms with Gasteiger partial charge >= 0.3 is 5.97 Å². The zero-order valence-electron chi connectivity index (χ0n) is 13.2. The normalized spacial score (nSPS) is 35.4. The molecule has 1 heterocycles. The molecule has 5 nitrogen and oxygen atoms in total. The molecule has 4 atom stereocenters. The van der Waals surface area contributed by atoms with Gasteiger partial charge in [-0.1, -0.05) is 26.2 Å². The Morgan fingerprint density at radius 2 is 1.76 bits per heavy atom. The average Bonchev–Trinajstić information content (AvgIpc) is 2.63. The predicted molar refractivity (Wildman–Crippen MR) is 78.9 cm³/mol. The molecule has 0 bridgehead atoms. The van der Waals surface area contributed by atoms with Crippen molar-refractivity contribution in [3.8, 4) is 0 Å². The van der Waals surface area contributed by atoms with Gasteiger partial charge in [0.05, 0.1) is 30.1 Å². The third kappa shape index (κ3) is 3.57. The van der Waals surface area contributed by atoms with Gasteiger partial charge in [-0.3, -0.25) is 9.59 Å². The van der Waals surface area contributed by atoms with E-state index in [1.54, 1.807) is 0 Å². The molecular formula is C16H27NO4. The quantitative estimate of drug-likeness (QED) is 0.835. The van der Waals surface area contributed by atoms with E-state index in [0.29, 0.717) is 0 Å². The number of amides is 1. The topological polar surface area (TPSA) is 75.6 Å². The fourth-order valence-corrected chi connectivity index (χ4v) is 3.93. The number of aliphatic carboxylic acids is 1. The number of carbonyl (C=O) groups is 2. The first kappa shape index (κ1) is 16.3. The van der Waals surface area contributed by atoms with Crippen LogP contribution in [-0.4, -0.2) is 34.7 Å². The first-order valence-corrected chi connectivity index (χ1v) is 8.04. The van der Waals surface area contributed by atoms with Crippen molar-refractivity contribution in [3.05, 3.63) is 0 Å². The number of nitrogens with one attached hydrogen (secondary N) is 1. The Hall–Kier alpha value is -1.10. The minimum Gasteiger partial charge on any atom is -0.481 e. The molecule has 1 aliphatic heterocycles. The lowest BCUT2D eigenvalue weighted by Crippen LogP contribution is -2.54. The monoisotopic (exact) mass is 297 g/mol. The number of carboxylic acid groups (broad SMARTS) is 1. The minimum atomic E-state index is -0.839. The van der Waals surface area contributed by atoms with Crippen molar-refractivity contribution in [3.63, 3.8) is 0 Å². The van der Waals surface area contributed by atoms with Gasteiger partial charge in [0.25, 0.3) is 0 Å². The molecule has 1 saturated heterocycles. The van der Waals surface area contributed by atoms with Gasteiger partial charge in [-0.25, -0.2) is 0 Å². The molecule has 0 aromatic carbocycles. The van der Waals surface area contributed by atoms with E-state index in [4.69, 9.17) is 4.74 Å². The zero-order valence-corrected chi connectivity index (χ0v) is 13.2. The van der Waals surface area contributed by atoms with Gasteiger partial charge in [-0.15, -0.1) is 0 Å². The van der Waals surface area contributed by atoms with E-state index in [0.717, 1.165) is 32.1 Å². The average molecular weight is 297 g/mol. The third-order valence-corrected chi connectivity index (χ3v) is 5.23. The maximum atomic E-state index is 12.7. The summed E-state index contributed by atoms with van der Waals surface area (Å²) >= 11 is 0. The Morgan fingerprint density at radius 1 is 1.14 bits per heavy atom. The number of carbonyl (C=O) groups excluding carboxylic acids is 1. The lowest BCUT2D eigenvalue weighted by Gasteiger charge is -2.38.